The molecular weight excluding hydrogens is 250 g/mol. The predicted octanol–water partition coefficient (Wildman–Crippen LogP) is 3.11. The van der Waals surface area contributed by atoms with Gasteiger partial charge in [0.25, 0.3) is 0 Å². The van der Waals surface area contributed by atoms with Crippen molar-refractivity contribution in [3.05, 3.63) is 47.8 Å². The van der Waals surface area contributed by atoms with Crippen LogP contribution in [-0.4, -0.2) is 15.7 Å². The van der Waals surface area contributed by atoms with Gasteiger partial charge in [0.2, 0.25) is 5.91 Å². The number of hydrogen-bond acceptors (Lipinski definition) is 2. The van der Waals surface area contributed by atoms with Gasteiger partial charge in [-0.15, -0.1) is 0 Å². The lowest BCUT2D eigenvalue weighted by Gasteiger charge is -2.08. The maximum atomic E-state index is 11.9. The van der Waals surface area contributed by atoms with Gasteiger partial charge in [0.15, 0.2) is 0 Å². The third kappa shape index (κ3) is 3.95. The minimum Gasteiger partial charge on any atom is -0.326 e. The highest BCUT2D eigenvalue weighted by atomic mass is 16.1. The van der Waals surface area contributed by atoms with Crippen molar-refractivity contribution in [3.63, 3.8) is 0 Å². The van der Waals surface area contributed by atoms with Gasteiger partial charge >= 0.3 is 0 Å². The normalized spacial score (nSPS) is 10.8. The number of anilines is 1. The zero-order valence-electron chi connectivity index (χ0n) is 12.3. The summed E-state index contributed by atoms with van der Waals surface area (Å²) in [4.78, 5) is 11.9. The smallest absolute Gasteiger partial charge is 0.224 e. The Kier molecular flexibility index (Phi) is 4.56. The number of benzene rings is 1. The number of aromatic nitrogens is 2. The van der Waals surface area contributed by atoms with Crippen molar-refractivity contribution < 1.29 is 4.79 Å². The summed E-state index contributed by atoms with van der Waals surface area (Å²) in [6.45, 7) is 4.31. The van der Waals surface area contributed by atoms with E-state index in [2.05, 4.69) is 36.4 Å². The van der Waals surface area contributed by atoms with Gasteiger partial charge in [0.1, 0.15) is 0 Å². The molecule has 106 valence electrons. The van der Waals surface area contributed by atoms with E-state index in [-0.39, 0.29) is 5.91 Å². The number of hydrogen-bond donors (Lipinski definition) is 1. The van der Waals surface area contributed by atoms with Crippen LogP contribution in [0, 0.1) is 0 Å². The first-order valence-electron chi connectivity index (χ1n) is 6.92. The number of amides is 1. The van der Waals surface area contributed by atoms with Crippen LogP contribution in [0.4, 0.5) is 5.69 Å². The zero-order chi connectivity index (χ0) is 14.5. The van der Waals surface area contributed by atoms with Gasteiger partial charge in [0, 0.05) is 25.4 Å². The molecule has 0 unspecified atom stereocenters. The van der Waals surface area contributed by atoms with Crippen LogP contribution in [-0.2, 0) is 18.3 Å². The zero-order valence-corrected chi connectivity index (χ0v) is 12.3. The lowest BCUT2D eigenvalue weighted by molar-refractivity contribution is -0.116. The fourth-order valence-electron chi connectivity index (χ4n) is 2.03. The molecule has 2 rings (SSSR count). The van der Waals surface area contributed by atoms with E-state index < -0.39 is 0 Å². The standard InChI is InChI=1S/C16H21N3O/c1-12(2)14-5-7-15(8-6-14)18-16(20)9-4-13-10-17-19(3)11-13/h5-8,10-12H,4,9H2,1-3H3,(H,18,20). The van der Waals surface area contributed by atoms with Crippen LogP contribution in [0.1, 0.15) is 37.3 Å². The SMILES string of the molecule is CC(C)c1ccc(NC(=O)CCc2cnn(C)c2)cc1. The highest BCUT2D eigenvalue weighted by Crippen LogP contribution is 2.17. The molecule has 0 aliphatic heterocycles. The van der Waals surface area contributed by atoms with Crippen molar-refractivity contribution in [2.75, 3.05) is 5.32 Å². The molecule has 1 amide bonds. The fraction of sp³-hybridized carbons (Fsp3) is 0.375. The van der Waals surface area contributed by atoms with Gasteiger partial charge in [-0.25, -0.2) is 0 Å². The maximum absolute atomic E-state index is 11.9. The Morgan fingerprint density at radius 2 is 2.00 bits per heavy atom. The van der Waals surface area contributed by atoms with Gasteiger partial charge in [-0.05, 0) is 35.6 Å². The Balaban J connectivity index is 1.84. The summed E-state index contributed by atoms with van der Waals surface area (Å²) in [7, 11) is 1.87. The average molecular weight is 271 g/mol. The largest absolute Gasteiger partial charge is 0.326 e. The van der Waals surface area contributed by atoms with Gasteiger partial charge in [-0.1, -0.05) is 26.0 Å². The van der Waals surface area contributed by atoms with Crippen LogP contribution in [0.2, 0.25) is 0 Å². The van der Waals surface area contributed by atoms with Crippen molar-refractivity contribution in [3.8, 4) is 0 Å². The fourth-order valence-corrected chi connectivity index (χ4v) is 2.03. The van der Waals surface area contributed by atoms with E-state index in [1.807, 2.05) is 25.4 Å². The molecule has 1 aromatic heterocycles. The first kappa shape index (κ1) is 14.3. The summed E-state index contributed by atoms with van der Waals surface area (Å²) in [5.74, 6) is 0.538. The number of aryl methyl sites for hydroxylation is 2. The Morgan fingerprint density at radius 3 is 2.55 bits per heavy atom. The number of nitrogens with zero attached hydrogens (tertiary/aromatic N) is 2. The van der Waals surface area contributed by atoms with Crippen LogP contribution in [0.15, 0.2) is 36.7 Å². The second-order valence-electron chi connectivity index (χ2n) is 5.35. The molecular formula is C16H21N3O. The minimum atomic E-state index is 0.0335. The van der Waals surface area contributed by atoms with Gasteiger partial charge in [0.05, 0.1) is 6.20 Å². The van der Waals surface area contributed by atoms with Crippen LogP contribution < -0.4 is 5.32 Å². The molecule has 0 aliphatic carbocycles. The highest BCUT2D eigenvalue weighted by molar-refractivity contribution is 5.90. The summed E-state index contributed by atoms with van der Waals surface area (Å²) in [6, 6.07) is 8.03. The number of rotatable bonds is 5. The molecule has 0 aliphatic rings. The van der Waals surface area contributed by atoms with E-state index in [4.69, 9.17) is 0 Å². The van der Waals surface area contributed by atoms with E-state index in [1.54, 1.807) is 10.9 Å². The molecule has 1 heterocycles. The Bertz CT molecular complexity index is 570. The van der Waals surface area contributed by atoms with E-state index in [0.717, 1.165) is 11.3 Å². The predicted molar refractivity (Wildman–Crippen MR) is 80.7 cm³/mol. The van der Waals surface area contributed by atoms with Crippen molar-refractivity contribution >= 4 is 11.6 Å². The lowest BCUT2D eigenvalue weighted by atomic mass is 10.0. The average Bonchev–Trinajstić information content (AvgIpc) is 2.83. The molecule has 4 nitrogen and oxygen atoms in total. The van der Waals surface area contributed by atoms with Gasteiger partial charge < -0.3 is 5.32 Å². The molecule has 0 bridgehead atoms. The molecule has 0 saturated heterocycles. The third-order valence-corrected chi connectivity index (χ3v) is 3.26. The van der Waals surface area contributed by atoms with E-state index in [0.29, 0.717) is 18.8 Å². The van der Waals surface area contributed by atoms with Crippen LogP contribution in [0.3, 0.4) is 0 Å². The quantitative estimate of drug-likeness (QED) is 0.908. The Morgan fingerprint density at radius 1 is 1.30 bits per heavy atom. The van der Waals surface area contributed by atoms with Crippen molar-refractivity contribution in [1.82, 2.24) is 9.78 Å². The topological polar surface area (TPSA) is 46.9 Å². The molecule has 2 aromatic rings. The van der Waals surface area contributed by atoms with E-state index in [1.165, 1.54) is 5.56 Å². The van der Waals surface area contributed by atoms with Crippen molar-refractivity contribution in [2.45, 2.75) is 32.6 Å². The molecule has 1 aromatic carbocycles. The monoisotopic (exact) mass is 271 g/mol. The van der Waals surface area contributed by atoms with Gasteiger partial charge in [-0.3, -0.25) is 9.48 Å². The second-order valence-corrected chi connectivity index (χ2v) is 5.35. The summed E-state index contributed by atoms with van der Waals surface area (Å²) < 4.78 is 1.75. The summed E-state index contributed by atoms with van der Waals surface area (Å²) in [5.41, 5.74) is 3.21. The second kappa shape index (κ2) is 6.37. The molecule has 4 heteroatoms. The summed E-state index contributed by atoms with van der Waals surface area (Å²) in [6.07, 6.45) is 4.91. The van der Waals surface area contributed by atoms with Crippen LogP contribution in [0.25, 0.3) is 0 Å². The Labute approximate surface area is 119 Å². The van der Waals surface area contributed by atoms with Crippen molar-refractivity contribution in [1.29, 1.82) is 0 Å². The van der Waals surface area contributed by atoms with Gasteiger partial charge in [-0.2, -0.15) is 5.10 Å². The molecule has 20 heavy (non-hydrogen) atoms. The van der Waals surface area contributed by atoms with Crippen LogP contribution in [0.5, 0.6) is 0 Å². The minimum absolute atomic E-state index is 0.0335. The molecule has 1 N–H and O–H groups in total. The summed E-state index contributed by atoms with van der Waals surface area (Å²) in [5, 5.41) is 7.01. The third-order valence-electron chi connectivity index (χ3n) is 3.26. The summed E-state index contributed by atoms with van der Waals surface area (Å²) >= 11 is 0. The van der Waals surface area contributed by atoms with E-state index in [9.17, 15) is 4.79 Å². The molecule has 0 saturated carbocycles. The molecule has 0 spiro atoms. The first-order valence-corrected chi connectivity index (χ1v) is 6.92. The van der Waals surface area contributed by atoms with E-state index >= 15 is 0 Å². The van der Waals surface area contributed by atoms with Crippen LogP contribution >= 0.6 is 0 Å². The van der Waals surface area contributed by atoms with Crippen molar-refractivity contribution in [2.24, 2.45) is 7.05 Å². The first-order chi connectivity index (χ1) is 9.54. The highest BCUT2D eigenvalue weighted by Gasteiger charge is 2.05. The number of carbonyl (C=O) groups is 1. The maximum Gasteiger partial charge on any atom is 0.224 e. The Hall–Kier alpha value is -2.10. The lowest BCUT2D eigenvalue weighted by Crippen LogP contribution is -2.12. The number of carbonyl (C=O) groups excluding carboxylic acids is 1. The molecule has 0 atom stereocenters. The molecule has 0 fully saturated rings. The number of nitrogens with one attached hydrogen (secondary N) is 1. The molecule has 0 radical (unpaired) electrons.